The quantitative estimate of drug-likeness (QED) is 0.806. The highest BCUT2D eigenvalue weighted by Gasteiger charge is 2.29. The largest absolute Gasteiger partial charge is 0.333 e. The van der Waals surface area contributed by atoms with Gasteiger partial charge in [-0.05, 0) is 57.7 Å². The van der Waals surface area contributed by atoms with Crippen LogP contribution in [0.25, 0.3) is 0 Å². The monoisotopic (exact) mass is 284 g/mol. The van der Waals surface area contributed by atoms with Crippen LogP contribution < -0.4 is 5.73 Å². The highest BCUT2D eigenvalue weighted by atomic mass is 16.2. The number of piperidine rings is 1. The molecule has 1 saturated heterocycles. The molecule has 1 amide bonds. The second kappa shape index (κ2) is 6.78. The Kier molecular flexibility index (Phi) is 5.03. The number of hydrogen-bond donors (Lipinski definition) is 1. The highest BCUT2D eigenvalue weighted by Crippen LogP contribution is 2.25. The first-order valence-electron chi connectivity index (χ1n) is 7.67. The summed E-state index contributed by atoms with van der Waals surface area (Å²) in [6.07, 6.45) is 3.37. The fourth-order valence-electron chi connectivity index (χ4n) is 3.01. The Hall–Kier alpha value is -1.79. The lowest BCUT2D eigenvalue weighted by atomic mass is 9.95. The molecule has 3 nitrogen and oxygen atoms in total. The molecule has 0 aromatic heterocycles. The van der Waals surface area contributed by atoms with E-state index in [0.29, 0.717) is 18.6 Å². The number of hydrogen-bond acceptors (Lipinski definition) is 2. The van der Waals surface area contributed by atoms with E-state index >= 15 is 0 Å². The maximum atomic E-state index is 12.8. The Morgan fingerprint density at radius 1 is 1.33 bits per heavy atom. The Morgan fingerprint density at radius 3 is 2.62 bits per heavy atom. The maximum Gasteiger partial charge on any atom is 0.254 e. The molecule has 0 spiro atoms. The van der Waals surface area contributed by atoms with E-state index in [9.17, 15) is 4.79 Å². The molecule has 1 aromatic rings. The zero-order valence-electron chi connectivity index (χ0n) is 13.1. The molecule has 1 aliphatic heterocycles. The number of rotatable bonds is 1. The maximum absolute atomic E-state index is 12.8. The summed E-state index contributed by atoms with van der Waals surface area (Å²) in [5.74, 6) is 6.03. The Bertz CT molecular complexity index is 573. The third-order valence-electron chi connectivity index (χ3n) is 4.24. The lowest BCUT2D eigenvalue weighted by Crippen LogP contribution is -2.47. The lowest BCUT2D eigenvalue weighted by Gasteiger charge is -2.39. The second-order valence-electron chi connectivity index (χ2n) is 5.88. The van der Waals surface area contributed by atoms with Crippen molar-refractivity contribution in [1.82, 2.24) is 4.90 Å². The topological polar surface area (TPSA) is 46.3 Å². The molecule has 0 bridgehead atoms. The molecule has 2 unspecified atom stereocenters. The molecule has 0 aliphatic carbocycles. The number of amides is 1. The lowest BCUT2D eigenvalue weighted by molar-refractivity contribution is 0.0510. The van der Waals surface area contributed by atoms with Crippen molar-refractivity contribution < 1.29 is 4.79 Å². The summed E-state index contributed by atoms with van der Waals surface area (Å²) in [7, 11) is 0. The van der Waals surface area contributed by atoms with E-state index in [0.717, 1.165) is 29.5 Å². The first-order valence-corrected chi connectivity index (χ1v) is 7.67. The van der Waals surface area contributed by atoms with E-state index in [-0.39, 0.29) is 5.91 Å². The zero-order valence-corrected chi connectivity index (χ0v) is 13.1. The predicted molar refractivity (Wildman–Crippen MR) is 86.1 cm³/mol. The third-order valence-corrected chi connectivity index (χ3v) is 4.24. The standard InChI is InChI=1S/C18H24N2O/c1-13-9-10-17(12-16(13)8-5-11-19)18(21)20-14(2)6-4-7-15(20)3/h9-10,12,14-15H,4,6-7,11,19H2,1-3H3. The second-order valence-corrected chi connectivity index (χ2v) is 5.88. The number of nitrogens with zero attached hydrogens (tertiary/aromatic N) is 1. The summed E-state index contributed by atoms with van der Waals surface area (Å²) in [6.45, 7) is 6.60. The number of nitrogens with two attached hydrogens (primary N) is 1. The molecular weight excluding hydrogens is 260 g/mol. The van der Waals surface area contributed by atoms with Crippen molar-refractivity contribution in [3.8, 4) is 11.8 Å². The van der Waals surface area contributed by atoms with Crippen LogP contribution in [0.15, 0.2) is 18.2 Å². The first kappa shape index (κ1) is 15.6. The van der Waals surface area contributed by atoms with E-state index in [1.54, 1.807) is 0 Å². The van der Waals surface area contributed by atoms with E-state index in [4.69, 9.17) is 5.73 Å². The van der Waals surface area contributed by atoms with Crippen LogP contribution in [0.4, 0.5) is 0 Å². The van der Waals surface area contributed by atoms with Gasteiger partial charge in [0.25, 0.3) is 5.91 Å². The molecule has 21 heavy (non-hydrogen) atoms. The minimum atomic E-state index is 0.116. The van der Waals surface area contributed by atoms with Gasteiger partial charge >= 0.3 is 0 Å². The number of carbonyl (C=O) groups is 1. The Balaban J connectivity index is 2.30. The molecule has 1 fully saturated rings. The van der Waals surface area contributed by atoms with E-state index in [2.05, 4.69) is 25.7 Å². The minimum absolute atomic E-state index is 0.116. The van der Waals surface area contributed by atoms with Crippen molar-refractivity contribution in [3.63, 3.8) is 0 Å². The summed E-state index contributed by atoms with van der Waals surface area (Å²) in [6, 6.07) is 6.38. The number of likely N-dealkylation sites (tertiary alicyclic amines) is 1. The Morgan fingerprint density at radius 2 is 2.00 bits per heavy atom. The van der Waals surface area contributed by atoms with E-state index in [1.165, 1.54) is 6.42 Å². The van der Waals surface area contributed by atoms with Gasteiger partial charge in [0, 0.05) is 23.2 Å². The molecular formula is C18H24N2O. The summed E-state index contributed by atoms with van der Waals surface area (Å²) in [4.78, 5) is 14.8. The summed E-state index contributed by atoms with van der Waals surface area (Å²) >= 11 is 0. The van der Waals surface area contributed by atoms with Crippen LogP contribution in [0.2, 0.25) is 0 Å². The number of aryl methyl sites for hydroxylation is 1. The first-order chi connectivity index (χ1) is 10.0. The van der Waals surface area contributed by atoms with Crippen molar-refractivity contribution in [2.45, 2.75) is 52.1 Å². The van der Waals surface area contributed by atoms with Crippen molar-refractivity contribution in [2.75, 3.05) is 6.54 Å². The average Bonchev–Trinajstić information content (AvgIpc) is 2.46. The molecule has 1 aliphatic rings. The summed E-state index contributed by atoms with van der Waals surface area (Å²) in [5, 5.41) is 0. The van der Waals surface area contributed by atoms with Crippen molar-refractivity contribution in [1.29, 1.82) is 0 Å². The van der Waals surface area contributed by atoms with Crippen molar-refractivity contribution in [2.24, 2.45) is 5.73 Å². The molecule has 3 heteroatoms. The van der Waals surface area contributed by atoms with Gasteiger partial charge in [0.05, 0.1) is 6.54 Å². The fourth-order valence-corrected chi connectivity index (χ4v) is 3.01. The molecule has 2 atom stereocenters. The molecule has 1 aromatic carbocycles. The third kappa shape index (κ3) is 3.46. The SMILES string of the molecule is Cc1ccc(C(=O)N2C(C)CCCC2C)cc1C#CCN. The number of benzene rings is 1. The van der Waals surface area contributed by atoms with Crippen LogP contribution in [-0.2, 0) is 0 Å². The van der Waals surface area contributed by atoms with Crippen molar-refractivity contribution >= 4 is 5.91 Å². The van der Waals surface area contributed by atoms with Gasteiger partial charge in [-0.3, -0.25) is 4.79 Å². The van der Waals surface area contributed by atoms with Crippen LogP contribution in [0.1, 0.15) is 54.6 Å². The van der Waals surface area contributed by atoms with Gasteiger partial charge in [-0.25, -0.2) is 0 Å². The van der Waals surface area contributed by atoms with Crippen LogP contribution in [0.3, 0.4) is 0 Å². The molecule has 112 valence electrons. The van der Waals surface area contributed by atoms with Crippen LogP contribution in [0.5, 0.6) is 0 Å². The molecule has 1 heterocycles. The van der Waals surface area contributed by atoms with Gasteiger partial charge in [0.15, 0.2) is 0 Å². The van der Waals surface area contributed by atoms with E-state index in [1.807, 2.05) is 30.0 Å². The summed E-state index contributed by atoms with van der Waals surface area (Å²) < 4.78 is 0. The smallest absolute Gasteiger partial charge is 0.254 e. The fraction of sp³-hybridized carbons (Fsp3) is 0.500. The molecule has 0 saturated carbocycles. The van der Waals surface area contributed by atoms with Crippen molar-refractivity contribution in [3.05, 3.63) is 34.9 Å². The molecule has 0 radical (unpaired) electrons. The van der Waals surface area contributed by atoms with Crippen LogP contribution >= 0.6 is 0 Å². The predicted octanol–water partition coefficient (Wildman–Crippen LogP) is 2.71. The minimum Gasteiger partial charge on any atom is -0.333 e. The zero-order chi connectivity index (χ0) is 15.4. The van der Waals surface area contributed by atoms with Crippen LogP contribution in [-0.4, -0.2) is 29.4 Å². The van der Waals surface area contributed by atoms with Gasteiger partial charge in [-0.15, -0.1) is 0 Å². The molecule has 2 N–H and O–H groups in total. The highest BCUT2D eigenvalue weighted by molar-refractivity contribution is 5.95. The molecule has 2 rings (SSSR count). The van der Waals surface area contributed by atoms with Gasteiger partial charge in [0.1, 0.15) is 0 Å². The number of carbonyl (C=O) groups excluding carboxylic acids is 1. The average molecular weight is 284 g/mol. The Labute approximate surface area is 127 Å². The van der Waals surface area contributed by atoms with Gasteiger partial charge < -0.3 is 10.6 Å². The summed E-state index contributed by atoms with van der Waals surface area (Å²) in [5.41, 5.74) is 8.12. The van der Waals surface area contributed by atoms with Gasteiger partial charge in [0.2, 0.25) is 0 Å². The van der Waals surface area contributed by atoms with E-state index < -0.39 is 0 Å². The van der Waals surface area contributed by atoms with Gasteiger partial charge in [-0.2, -0.15) is 0 Å². The van der Waals surface area contributed by atoms with Gasteiger partial charge in [-0.1, -0.05) is 17.9 Å². The van der Waals surface area contributed by atoms with Crippen LogP contribution in [0, 0.1) is 18.8 Å². The normalized spacial score (nSPS) is 21.6.